The predicted octanol–water partition coefficient (Wildman–Crippen LogP) is 1.96. The molecule has 16 heavy (non-hydrogen) atoms. The zero-order valence-electron chi connectivity index (χ0n) is 8.89. The van der Waals surface area contributed by atoms with E-state index >= 15 is 0 Å². The minimum atomic E-state index is -0.707. The zero-order valence-corrected chi connectivity index (χ0v) is 8.89. The molecule has 0 radical (unpaired) electrons. The topological polar surface area (TPSA) is 112 Å². The molecule has 0 saturated carbocycles. The van der Waals surface area contributed by atoms with Crippen LogP contribution in [0.4, 0.5) is 17.1 Å². The van der Waals surface area contributed by atoms with Gasteiger partial charge in [-0.15, -0.1) is 0 Å². The summed E-state index contributed by atoms with van der Waals surface area (Å²) >= 11 is 0. The van der Waals surface area contributed by atoms with Crippen LogP contribution >= 0.6 is 0 Å². The molecule has 0 bridgehead atoms. The Morgan fingerprint density at radius 1 is 1.31 bits per heavy atom. The van der Waals surface area contributed by atoms with Crippen molar-refractivity contribution >= 4 is 17.1 Å². The Kier molecular flexibility index (Phi) is 3.07. The summed E-state index contributed by atoms with van der Waals surface area (Å²) in [6.07, 6.45) is 0.480. The molecule has 1 aromatic rings. The van der Waals surface area contributed by atoms with Gasteiger partial charge in [0.15, 0.2) is 5.69 Å². The van der Waals surface area contributed by atoms with E-state index in [0.29, 0.717) is 17.5 Å². The standard InChI is InChI=1S/C9H11N3O4/c1-3-6-4-7(11(13)14)8(10)9(5(6)2)12(15)16/h4H,3,10H2,1-2H3. The molecule has 0 saturated heterocycles. The van der Waals surface area contributed by atoms with Crippen molar-refractivity contribution < 1.29 is 9.85 Å². The van der Waals surface area contributed by atoms with Crippen molar-refractivity contribution in [2.45, 2.75) is 20.3 Å². The number of nitrogen functional groups attached to an aromatic ring is 1. The smallest absolute Gasteiger partial charge is 0.302 e. The molecule has 0 atom stereocenters. The monoisotopic (exact) mass is 225 g/mol. The summed E-state index contributed by atoms with van der Waals surface area (Å²) in [6, 6.07) is 1.29. The number of nitro benzene ring substituents is 2. The van der Waals surface area contributed by atoms with Crippen molar-refractivity contribution in [2.24, 2.45) is 0 Å². The maximum atomic E-state index is 10.8. The van der Waals surface area contributed by atoms with Crippen molar-refractivity contribution in [1.29, 1.82) is 0 Å². The van der Waals surface area contributed by atoms with Crippen LogP contribution in [0, 0.1) is 27.2 Å². The minimum absolute atomic E-state index is 0.369. The van der Waals surface area contributed by atoms with E-state index in [0.717, 1.165) is 0 Å². The summed E-state index contributed by atoms with van der Waals surface area (Å²) in [6.45, 7) is 3.31. The highest BCUT2D eigenvalue weighted by Gasteiger charge is 2.27. The largest absolute Gasteiger partial charge is 0.387 e. The maximum Gasteiger partial charge on any atom is 0.302 e. The Morgan fingerprint density at radius 2 is 1.88 bits per heavy atom. The van der Waals surface area contributed by atoms with E-state index in [2.05, 4.69) is 0 Å². The molecule has 0 aliphatic heterocycles. The molecule has 1 rings (SSSR count). The van der Waals surface area contributed by atoms with Gasteiger partial charge in [-0.3, -0.25) is 20.2 Å². The normalized spacial score (nSPS) is 10.1. The average Bonchev–Trinajstić information content (AvgIpc) is 2.16. The number of hydrogen-bond acceptors (Lipinski definition) is 5. The number of nitrogens with two attached hydrogens (primary N) is 1. The van der Waals surface area contributed by atoms with Gasteiger partial charge < -0.3 is 5.73 Å². The van der Waals surface area contributed by atoms with E-state index in [1.807, 2.05) is 0 Å². The third-order valence-electron chi connectivity index (χ3n) is 2.44. The summed E-state index contributed by atoms with van der Waals surface area (Å²) in [5, 5.41) is 21.5. The van der Waals surface area contributed by atoms with E-state index in [9.17, 15) is 20.2 Å². The molecule has 7 nitrogen and oxygen atoms in total. The molecule has 86 valence electrons. The third kappa shape index (κ3) is 1.79. The first-order valence-electron chi connectivity index (χ1n) is 4.60. The van der Waals surface area contributed by atoms with Crippen LogP contribution < -0.4 is 5.73 Å². The fraction of sp³-hybridized carbons (Fsp3) is 0.333. The highest BCUT2D eigenvalue weighted by molar-refractivity contribution is 5.75. The van der Waals surface area contributed by atoms with Gasteiger partial charge in [0.2, 0.25) is 0 Å². The number of anilines is 1. The SMILES string of the molecule is CCc1cc([N+](=O)[O-])c(N)c([N+](=O)[O-])c1C. The van der Waals surface area contributed by atoms with Gasteiger partial charge in [0, 0.05) is 11.6 Å². The van der Waals surface area contributed by atoms with Crippen LogP contribution in [0.25, 0.3) is 0 Å². The molecule has 0 aromatic heterocycles. The Bertz CT molecular complexity index is 470. The molecule has 1 aromatic carbocycles. The van der Waals surface area contributed by atoms with Crippen LogP contribution in [0.5, 0.6) is 0 Å². The van der Waals surface area contributed by atoms with E-state index in [4.69, 9.17) is 5.73 Å². The van der Waals surface area contributed by atoms with Crippen molar-refractivity contribution in [3.8, 4) is 0 Å². The van der Waals surface area contributed by atoms with E-state index < -0.39 is 15.5 Å². The van der Waals surface area contributed by atoms with Crippen molar-refractivity contribution in [3.05, 3.63) is 37.4 Å². The summed E-state index contributed by atoms with van der Waals surface area (Å²) in [5.74, 6) is 0. The molecule has 7 heteroatoms. The Labute approximate surface area is 91.2 Å². The van der Waals surface area contributed by atoms with Crippen LogP contribution in [-0.4, -0.2) is 9.85 Å². The van der Waals surface area contributed by atoms with Gasteiger partial charge in [0.1, 0.15) is 0 Å². The van der Waals surface area contributed by atoms with Crippen molar-refractivity contribution in [1.82, 2.24) is 0 Å². The summed E-state index contributed by atoms with van der Waals surface area (Å²) in [7, 11) is 0. The number of nitro groups is 2. The molecule has 0 spiro atoms. The lowest BCUT2D eigenvalue weighted by atomic mass is 10.0. The Morgan fingerprint density at radius 3 is 2.25 bits per heavy atom. The average molecular weight is 225 g/mol. The lowest BCUT2D eigenvalue weighted by molar-refractivity contribution is -0.392. The van der Waals surface area contributed by atoms with Crippen LogP contribution in [0.1, 0.15) is 18.1 Å². The Hall–Kier alpha value is -2.18. The molecular weight excluding hydrogens is 214 g/mol. The van der Waals surface area contributed by atoms with Crippen LogP contribution in [0.15, 0.2) is 6.07 Å². The molecule has 0 unspecified atom stereocenters. The van der Waals surface area contributed by atoms with Gasteiger partial charge in [0.05, 0.1) is 9.85 Å². The number of hydrogen-bond donors (Lipinski definition) is 1. The summed E-state index contributed by atoms with van der Waals surface area (Å²) < 4.78 is 0. The second kappa shape index (κ2) is 4.13. The van der Waals surface area contributed by atoms with E-state index in [1.54, 1.807) is 6.92 Å². The molecule has 0 fully saturated rings. The highest BCUT2D eigenvalue weighted by atomic mass is 16.6. The second-order valence-electron chi connectivity index (χ2n) is 3.31. The number of aryl methyl sites for hydroxylation is 1. The summed E-state index contributed by atoms with van der Waals surface area (Å²) in [5.41, 5.74) is 5.21. The van der Waals surface area contributed by atoms with Crippen LogP contribution in [0.3, 0.4) is 0 Å². The minimum Gasteiger partial charge on any atom is -0.387 e. The van der Waals surface area contributed by atoms with E-state index in [-0.39, 0.29) is 11.4 Å². The number of benzene rings is 1. The van der Waals surface area contributed by atoms with Gasteiger partial charge in [0.25, 0.3) is 5.69 Å². The van der Waals surface area contributed by atoms with Gasteiger partial charge in [-0.25, -0.2) is 0 Å². The van der Waals surface area contributed by atoms with Gasteiger partial charge in [-0.05, 0) is 18.9 Å². The van der Waals surface area contributed by atoms with Crippen molar-refractivity contribution in [2.75, 3.05) is 5.73 Å². The van der Waals surface area contributed by atoms with Gasteiger partial charge >= 0.3 is 5.69 Å². The fourth-order valence-electron chi connectivity index (χ4n) is 1.58. The first-order valence-corrected chi connectivity index (χ1v) is 4.60. The highest BCUT2D eigenvalue weighted by Crippen LogP contribution is 2.36. The predicted molar refractivity (Wildman–Crippen MR) is 58.3 cm³/mol. The quantitative estimate of drug-likeness (QED) is 0.480. The van der Waals surface area contributed by atoms with Gasteiger partial charge in [-0.2, -0.15) is 0 Å². The Balaban J connectivity index is 3.64. The number of nitrogens with zero attached hydrogens (tertiary/aromatic N) is 2. The lowest BCUT2D eigenvalue weighted by Gasteiger charge is -2.06. The zero-order chi connectivity index (χ0) is 12.5. The molecule has 0 heterocycles. The number of rotatable bonds is 3. The van der Waals surface area contributed by atoms with Gasteiger partial charge in [-0.1, -0.05) is 6.92 Å². The first kappa shape index (κ1) is 11.9. The lowest BCUT2D eigenvalue weighted by Crippen LogP contribution is -2.05. The second-order valence-corrected chi connectivity index (χ2v) is 3.31. The van der Waals surface area contributed by atoms with Crippen LogP contribution in [0.2, 0.25) is 0 Å². The third-order valence-corrected chi connectivity index (χ3v) is 2.44. The molecule has 0 aliphatic rings. The maximum absolute atomic E-state index is 10.8. The molecular formula is C9H11N3O4. The van der Waals surface area contributed by atoms with Crippen molar-refractivity contribution in [3.63, 3.8) is 0 Å². The summed E-state index contributed by atoms with van der Waals surface area (Å²) in [4.78, 5) is 20.1. The molecule has 0 aliphatic carbocycles. The molecule has 0 amide bonds. The fourth-order valence-corrected chi connectivity index (χ4v) is 1.58. The van der Waals surface area contributed by atoms with E-state index in [1.165, 1.54) is 13.0 Å². The van der Waals surface area contributed by atoms with Crippen LogP contribution in [-0.2, 0) is 6.42 Å². The first-order chi connectivity index (χ1) is 7.40. The molecule has 2 N–H and O–H groups in total.